The molecule has 3 rings (SSSR count). The lowest BCUT2D eigenvalue weighted by Gasteiger charge is -2.09. The lowest BCUT2D eigenvalue weighted by Crippen LogP contribution is -2.30. The number of carbonyl (C=O) groups excluding carboxylic acids is 1. The zero-order valence-electron chi connectivity index (χ0n) is 15.5. The van der Waals surface area contributed by atoms with Crippen molar-refractivity contribution in [1.29, 1.82) is 0 Å². The molecule has 1 heterocycles. The number of amides is 1. The van der Waals surface area contributed by atoms with Crippen LogP contribution in [0.5, 0.6) is 0 Å². The van der Waals surface area contributed by atoms with E-state index in [1.165, 1.54) is 18.5 Å². The Kier molecular flexibility index (Phi) is 6.97. The van der Waals surface area contributed by atoms with Crippen LogP contribution in [0, 0.1) is 0 Å². The molecule has 0 aliphatic rings. The van der Waals surface area contributed by atoms with Crippen molar-refractivity contribution >= 4 is 27.5 Å². The zero-order chi connectivity index (χ0) is 20.7. The first-order chi connectivity index (χ1) is 13.9. The molecular weight excluding hydrogens is 414 g/mol. The van der Waals surface area contributed by atoms with Crippen LogP contribution >= 0.6 is 11.6 Å². The summed E-state index contributed by atoms with van der Waals surface area (Å²) in [5, 5.41) is 7.16. The van der Waals surface area contributed by atoms with Crippen LogP contribution in [0.25, 0.3) is 0 Å². The molecule has 0 saturated heterocycles. The van der Waals surface area contributed by atoms with E-state index in [2.05, 4.69) is 20.1 Å². The monoisotopic (exact) mass is 433 g/mol. The van der Waals surface area contributed by atoms with Crippen molar-refractivity contribution in [3.63, 3.8) is 0 Å². The van der Waals surface area contributed by atoms with Gasteiger partial charge in [-0.2, -0.15) is 5.10 Å². The predicted octanol–water partition coefficient (Wildman–Crippen LogP) is 1.96. The number of sulfonamides is 1. The predicted molar refractivity (Wildman–Crippen MR) is 109 cm³/mol. The van der Waals surface area contributed by atoms with Gasteiger partial charge in [-0.3, -0.25) is 4.79 Å². The molecule has 0 atom stereocenters. The third-order valence-corrected chi connectivity index (χ3v) is 5.77. The molecule has 0 unspecified atom stereocenters. The van der Waals surface area contributed by atoms with Gasteiger partial charge in [0.1, 0.15) is 12.7 Å². The van der Waals surface area contributed by atoms with Gasteiger partial charge in [-0.15, -0.1) is 0 Å². The highest BCUT2D eigenvalue weighted by atomic mass is 35.5. The van der Waals surface area contributed by atoms with Crippen molar-refractivity contribution in [2.24, 2.45) is 0 Å². The third-order valence-electron chi connectivity index (χ3n) is 4.07. The fourth-order valence-electron chi connectivity index (χ4n) is 2.57. The Labute approximate surface area is 174 Å². The molecule has 10 heteroatoms. The summed E-state index contributed by atoms with van der Waals surface area (Å²) in [6.45, 7) is 0.987. The third kappa shape index (κ3) is 6.38. The van der Waals surface area contributed by atoms with Gasteiger partial charge < -0.3 is 5.32 Å². The second kappa shape index (κ2) is 9.64. The smallest absolute Gasteiger partial charge is 0.240 e. The molecule has 0 aliphatic heterocycles. The summed E-state index contributed by atoms with van der Waals surface area (Å²) in [6.07, 6.45) is 3.16. The molecule has 29 heavy (non-hydrogen) atoms. The number of nitrogens with zero attached hydrogens (tertiary/aromatic N) is 3. The molecule has 0 fully saturated rings. The summed E-state index contributed by atoms with van der Waals surface area (Å²) in [4.78, 5) is 16.0. The second-order valence-corrected chi connectivity index (χ2v) is 8.49. The van der Waals surface area contributed by atoms with Crippen LogP contribution in [0.2, 0.25) is 5.02 Å². The normalized spacial score (nSPS) is 11.3. The van der Waals surface area contributed by atoms with Crippen molar-refractivity contribution < 1.29 is 13.2 Å². The first kappa shape index (κ1) is 21.0. The van der Waals surface area contributed by atoms with Crippen molar-refractivity contribution in [3.05, 3.63) is 77.3 Å². The summed E-state index contributed by atoms with van der Waals surface area (Å²) in [7, 11) is -3.70. The highest BCUT2D eigenvalue weighted by Gasteiger charge is 2.14. The van der Waals surface area contributed by atoms with Crippen molar-refractivity contribution in [3.8, 4) is 0 Å². The van der Waals surface area contributed by atoms with Crippen LogP contribution in [0.4, 0.5) is 0 Å². The number of rotatable bonds is 9. The SMILES string of the molecule is O=C(CCNS(=O)(=O)c1cccc(Cl)c1)NCc1ccc(Cn2cncn2)cc1. The van der Waals surface area contributed by atoms with E-state index in [0.717, 1.165) is 11.1 Å². The van der Waals surface area contributed by atoms with Crippen LogP contribution in [-0.2, 0) is 27.9 Å². The topological polar surface area (TPSA) is 106 Å². The van der Waals surface area contributed by atoms with Gasteiger partial charge in [0.2, 0.25) is 15.9 Å². The van der Waals surface area contributed by atoms with Crippen LogP contribution in [-0.4, -0.2) is 35.6 Å². The van der Waals surface area contributed by atoms with Gasteiger partial charge in [0, 0.05) is 24.5 Å². The maximum atomic E-state index is 12.2. The zero-order valence-corrected chi connectivity index (χ0v) is 17.0. The number of hydrogen-bond donors (Lipinski definition) is 2. The van der Waals surface area contributed by atoms with E-state index in [-0.39, 0.29) is 23.8 Å². The van der Waals surface area contributed by atoms with Gasteiger partial charge >= 0.3 is 0 Å². The van der Waals surface area contributed by atoms with Crippen molar-refractivity contribution in [2.45, 2.75) is 24.4 Å². The van der Waals surface area contributed by atoms with Gasteiger partial charge in [-0.05, 0) is 29.3 Å². The number of halogens is 1. The maximum Gasteiger partial charge on any atom is 0.240 e. The number of carbonyl (C=O) groups is 1. The largest absolute Gasteiger partial charge is 0.352 e. The molecule has 152 valence electrons. The molecule has 2 aromatic carbocycles. The molecule has 1 amide bonds. The van der Waals surface area contributed by atoms with E-state index in [1.54, 1.807) is 23.1 Å². The average Bonchev–Trinajstić information content (AvgIpc) is 3.20. The summed E-state index contributed by atoms with van der Waals surface area (Å²) in [5.74, 6) is -0.245. The second-order valence-electron chi connectivity index (χ2n) is 6.29. The molecule has 0 saturated carbocycles. The van der Waals surface area contributed by atoms with Gasteiger partial charge in [0.05, 0.1) is 11.4 Å². The van der Waals surface area contributed by atoms with Crippen LogP contribution in [0.1, 0.15) is 17.5 Å². The van der Waals surface area contributed by atoms with Gasteiger partial charge in [-0.25, -0.2) is 22.8 Å². The fraction of sp³-hybridized carbons (Fsp3) is 0.211. The summed E-state index contributed by atoms with van der Waals surface area (Å²) in [6, 6.07) is 13.7. The number of aromatic nitrogens is 3. The Morgan fingerprint density at radius 1 is 1.10 bits per heavy atom. The van der Waals surface area contributed by atoms with E-state index in [0.29, 0.717) is 18.1 Å². The summed E-state index contributed by atoms with van der Waals surface area (Å²) < 4.78 is 28.5. The Morgan fingerprint density at radius 2 is 1.86 bits per heavy atom. The first-order valence-corrected chi connectivity index (χ1v) is 10.7. The molecular formula is C19H20ClN5O3S. The van der Waals surface area contributed by atoms with E-state index >= 15 is 0 Å². The minimum atomic E-state index is -3.70. The average molecular weight is 434 g/mol. The Morgan fingerprint density at radius 3 is 2.55 bits per heavy atom. The van der Waals surface area contributed by atoms with Gasteiger partial charge in [0.15, 0.2) is 0 Å². The summed E-state index contributed by atoms with van der Waals surface area (Å²) in [5.41, 5.74) is 2.01. The molecule has 0 bridgehead atoms. The molecule has 0 spiro atoms. The minimum Gasteiger partial charge on any atom is -0.352 e. The van der Waals surface area contributed by atoms with E-state index in [4.69, 9.17) is 11.6 Å². The number of nitrogens with one attached hydrogen (secondary N) is 2. The quantitative estimate of drug-likeness (QED) is 0.536. The van der Waals surface area contributed by atoms with E-state index < -0.39 is 10.0 Å². The molecule has 0 radical (unpaired) electrons. The van der Waals surface area contributed by atoms with Crippen LogP contribution in [0.15, 0.2) is 66.1 Å². The van der Waals surface area contributed by atoms with Crippen LogP contribution in [0.3, 0.4) is 0 Å². The highest BCUT2D eigenvalue weighted by molar-refractivity contribution is 7.89. The summed E-state index contributed by atoms with van der Waals surface area (Å²) >= 11 is 5.82. The first-order valence-electron chi connectivity index (χ1n) is 8.84. The van der Waals surface area contributed by atoms with Crippen molar-refractivity contribution in [1.82, 2.24) is 24.8 Å². The molecule has 3 aromatic rings. The maximum absolute atomic E-state index is 12.2. The lowest BCUT2D eigenvalue weighted by molar-refractivity contribution is -0.121. The molecule has 2 N–H and O–H groups in total. The lowest BCUT2D eigenvalue weighted by atomic mass is 10.1. The molecule has 8 nitrogen and oxygen atoms in total. The minimum absolute atomic E-state index is 0.00246. The molecule has 1 aromatic heterocycles. The Bertz CT molecular complexity index is 1050. The molecule has 0 aliphatic carbocycles. The van der Waals surface area contributed by atoms with Crippen LogP contribution < -0.4 is 10.0 Å². The highest BCUT2D eigenvalue weighted by Crippen LogP contribution is 2.15. The van der Waals surface area contributed by atoms with E-state index in [9.17, 15) is 13.2 Å². The Balaban J connectivity index is 1.42. The fourth-order valence-corrected chi connectivity index (χ4v) is 3.90. The van der Waals surface area contributed by atoms with Gasteiger partial charge in [-0.1, -0.05) is 41.9 Å². The number of hydrogen-bond acceptors (Lipinski definition) is 5. The van der Waals surface area contributed by atoms with E-state index in [1.807, 2.05) is 24.3 Å². The number of benzene rings is 2. The van der Waals surface area contributed by atoms with Gasteiger partial charge in [0.25, 0.3) is 0 Å². The standard InChI is InChI=1S/C19H20ClN5O3S/c20-17-2-1-3-18(10-17)29(27,28)24-9-8-19(26)22-11-15-4-6-16(7-5-15)12-25-14-21-13-23-25/h1-7,10,13-14,24H,8-9,11-12H2,(H,22,26). The Hall–Kier alpha value is -2.75. The van der Waals surface area contributed by atoms with Crippen molar-refractivity contribution in [2.75, 3.05) is 6.54 Å².